The van der Waals surface area contributed by atoms with Gasteiger partial charge >= 0.3 is 0 Å². The van der Waals surface area contributed by atoms with Crippen LogP contribution in [0.3, 0.4) is 0 Å². The number of hydrogen-bond acceptors (Lipinski definition) is 4. The lowest BCUT2D eigenvalue weighted by Crippen LogP contribution is -2.46. The average molecular weight is 436 g/mol. The molecule has 6 nitrogen and oxygen atoms in total. The summed E-state index contributed by atoms with van der Waals surface area (Å²) in [4.78, 5) is 4.41. The lowest BCUT2D eigenvalue weighted by molar-refractivity contribution is 0.198. The highest BCUT2D eigenvalue weighted by atomic mass is 32.2. The van der Waals surface area contributed by atoms with Gasteiger partial charge in [0.15, 0.2) is 17.5 Å². The van der Waals surface area contributed by atoms with Crippen LogP contribution in [0.4, 0.5) is 0 Å². The van der Waals surface area contributed by atoms with Crippen LogP contribution in [-0.4, -0.2) is 47.5 Å². The summed E-state index contributed by atoms with van der Waals surface area (Å²) < 4.78 is 24.1. The minimum Gasteiger partial charge on any atom is -0.493 e. The van der Waals surface area contributed by atoms with Gasteiger partial charge in [0, 0.05) is 47.0 Å². The van der Waals surface area contributed by atoms with Crippen molar-refractivity contribution in [1.82, 2.24) is 10.6 Å². The smallest absolute Gasteiger partial charge is 0.191 e. The van der Waals surface area contributed by atoms with E-state index in [1.54, 1.807) is 14.2 Å². The number of benzene rings is 1. The zero-order chi connectivity index (χ0) is 21.3. The topological polar surface area (TPSA) is 72.0 Å². The van der Waals surface area contributed by atoms with E-state index in [1.165, 1.54) is 12.8 Å². The van der Waals surface area contributed by atoms with Crippen molar-refractivity contribution in [2.75, 3.05) is 19.9 Å². The first-order valence-corrected chi connectivity index (χ1v) is 12.7. The first-order valence-electron chi connectivity index (χ1n) is 11.3. The number of rotatable bonds is 8. The molecule has 0 aliphatic heterocycles. The monoisotopic (exact) mass is 435 g/mol. The Balaban J connectivity index is 1.61. The molecule has 1 aromatic carbocycles. The van der Waals surface area contributed by atoms with Crippen LogP contribution in [0.25, 0.3) is 0 Å². The summed E-state index contributed by atoms with van der Waals surface area (Å²) in [5.41, 5.74) is 1.07. The molecule has 1 aromatic rings. The number of nitrogens with one attached hydrogen (secondary N) is 2. The molecule has 0 spiro atoms. The molecular weight excluding hydrogens is 398 g/mol. The maximum absolute atomic E-state index is 12.2. The van der Waals surface area contributed by atoms with Crippen molar-refractivity contribution in [2.24, 2.45) is 4.99 Å². The predicted octanol–water partition coefficient (Wildman–Crippen LogP) is 3.76. The highest BCUT2D eigenvalue weighted by Gasteiger charge is 2.26. The molecule has 2 saturated carbocycles. The summed E-state index contributed by atoms with van der Waals surface area (Å²) >= 11 is 0. The maximum Gasteiger partial charge on any atom is 0.191 e. The molecule has 2 aliphatic carbocycles. The summed E-state index contributed by atoms with van der Waals surface area (Å²) in [7, 11) is 2.76. The molecule has 3 unspecified atom stereocenters. The zero-order valence-electron chi connectivity index (χ0n) is 18.6. The molecule has 2 N–H and O–H groups in total. The second kappa shape index (κ2) is 11.6. The van der Waals surface area contributed by atoms with E-state index in [9.17, 15) is 4.21 Å². The van der Waals surface area contributed by atoms with Crippen molar-refractivity contribution in [2.45, 2.75) is 82.2 Å². The molecular formula is C23H37N3O3S. The van der Waals surface area contributed by atoms with Crippen LogP contribution in [-0.2, 0) is 17.3 Å². The highest BCUT2D eigenvalue weighted by molar-refractivity contribution is 7.85. The third-order valence-corrected chi connectivity index (χ3v) is 7.90. The summed E-state index contributed by atoms with van der Waals surface area (Å²) in [6.45, 7) is 2.61. The number of guanidine groups is 1. The fourth-order valence-electron chi connectivity index (χ4n) is 4.49. The van der Waals surface area contributed by atoms with Gasteiger partial charge in [0.05, 0.1) is 13.2 Å². The molecule has 0 saturated heterocycles. The molecule has 0 aromatic heterocycles. The molecule has 3 rings (SSSR count). The van der Waals surface area contributed by atoms with Gasteiger partial charge in [-0.15, -0.1) is 0 Å². The van der Waals surface area contributed by atoms with Crippen molar-refractivity contribution < 1.29 is 13.7 Å². The van der Waals surface area contributed by atoms with Gasteiger partial charge in [-0.1, -0.05) is 25.5 Å². The zero-order valence-corrected chi connectivity index (χ0v) is 19.4. The number of nitrogens with zero attached hydrogens (tertiary/aromatic N) is 1. The van der Waals surface area contributed by atoms with Gasteiger partial charge in [-0.25, -0.2) is 0 Å². The molecule has 2 fully saturated rings. The van der Waals surface area contributed by atoms with Gasteiger partial charge < -0.3 is 20.1 Å². The third-order valence-electron chi connectivity index (χ3n) is 6.16. The summed E-state index contributed by atoms with van der Waals surface area (Å²) in [5.74, 6) is 3.13. The average Bonchev–Trinajstić information content (AvgIpc) is 3.30. The lowest BCUT2D eigenvalue weighted by atomic mass is 9.95. The Bertz CT molecular complexity index is 734. The SMILES string of the molecule is CCS(=O)C1CCCC(NC(=NC)NCc2cccc(OC)c2OC2CCCC2)C1. The van der Waals surface area contributed by atoms with Gasteiger partial charge in [-0.05, 0) is 51.0 Å². The van der Waals surface area contributed by atoms with E-state index in [1.807, 2.05) is 19.1 Å². The van der Waals surface area contributed by atoms with Crippen LogP contribution >= 0.6 is 0 Å². The van der Waals surface area contributed by atoms with E-state index in [0.29, 0.717) is 17.8 Å². The summed E-state index contributed by atoms with van der Waals surface area (Å²) in [6, 6.07) is 6.34. The van der Waals surface area contributed by atoms with Crippen molar-refractivity contribution in [3.8, 4) is 11.5 Å². The molecule has 0 amide bonds. The van der Waals surface area contributed by atoms with Crippen molar-refractivity contribution in [1.29, 1.82) is 0 Å². The van der Waals surface area contributed by atoms with Gasteiger partial charge in [0.2, 0.25) is 0 Å². The van der Waals surface area contributed by atoms with Crippen LogP contribution in [0, 0.1) is 0 Å². The quantitative estimate of drug-likeness (QED) is 0.480. The summed E-state index contributed by atoms with van der Waals surface area (Å²) in [5, 5.41) is 7.27. The van der Waals surface area contributed by atoms with Gasteiger partial charge in [0.1, 0.15) is 0 Å². The Kier molecular flexibility index (Phi) is 8.85. The number of hydrogen-bond donors (Lipinski definition) is 2. The van der Waals surface area contributed by atoms with Crippen LogP contribution in [0.1, 0.15) is 63.9 Å². The third kappa shape index (κ3) is 6.13. The fraction of sp³-hybridized carbons (Fsp3) is 0.696. The van der Waals surface area contributed by atoms with E-state index < -0.39 is 10.8 Å². The molecule has 0 bridgehead atoms. The van der Waals surface area contributed by atoms with Crippen molar-refractivity contribution in [3.63, 3.8) is 0 Å². The number of ether oxygens (including phenoxy) is 2. The molecule has 2 aliphatic rings. The van der Waals surface area contributed by atoms with Gasteiger partial charge in [-0.2, -0.15) is 0 Å². The van der Waals surface area contributed by atoms with Crippen molar-refractivity contribution in [3.05, 3.63) is 23.8 Å². The van der Waals surface area contributed by atoms with Crippen LogP contribution in [0.15, 0.2) is 23.2 Å². The lowest BCUT2D eigenvalue weighted by Gasteiger charge is -2.30. The van der Waals surface area contributed by atoms with Gasteiger partial charge in [0.25, 0.3) is 0 Å². The molecule has 168 valence electrons. The Morgan fingerprint density at radius 2 is 2.00 bits per heavy atom. The normalized spacial score (nSPS) is 23.8. The minimum absolute atomic E-state index is 0.274. The molecule has 0 radical (unpaired) electrons. The van der Waals surface area contributed by atoms with Gasteiger partial charge in [-0.3, -0.25) is 9.20 Å². The van der Waals surface area contributed by atoms with E-state index in [-0.39, 0.29) is 6.10 Å². The fourth-order valence-corrected chi connectivity index (χ4v) is 5.83. The number of methoxy groups -OCH3 is 1. The minimum atomic E-state index is -0.725. The predicted molar refractivity (Wildman–Crippen MR) is 124 cm³/mol. The highest BCUT2D eigenvalue weighted by Crippen LogP contribution is 2.34. The standard InChI is InChI=1S/C23H37N3O3S/c1-4-30(27)20-13-8-10-18(15-20)26-23(24-2)25-16-17-9-7-14-21(28-3)22(17)29-19-11-5-6-12-19/h7,9,14,18-20H,4-6,8,10-13,15-16H2,1-3H3,(H2,24,25,26). The largest absolute Gasteiger partial charge is 0.493 e. The summed E-state index contributed by atoms with van der Waals surface area (Å²) in [6.07, 6.45) is 9.16. The van der Waals surface area contributed by atoms with Crippen LogP contribution < -0.4 is 20.1 Å². The first kappa shape index (κ1) is 22.9. The molecule has 0 heterocycles. The first-order chi connectivity index (χ1) is 14.6. The Morgan fingerprint density at radius 3 is 2.70 bits per heavy atom. The maximum atomic E-state index is 12.2. The Labute approximate surface area is 183 Å². The molecule has 7 heteroatoms. The molecule has 30 heavy (non-hydrogen) atoms. The Hall–Kier alpha value is -1.76. The Morgan fingerprint density at radius 1 is 1.20 bits per heavy atom. The van der Waals surface area contributed by atoms with Crippen molar-refractivity contribution >= 4 is 16.8 Å². The second-order valence-electron chi connectivity index (χ2n) is 8.20. The van der Waals surface area contributed by atoms with Crippen LogP contribution in [0.2, 0.25) is 0 Å². The van der Waals surface area contributed by atoms with E-state index >= 15 is 0 Å². The van der Waals surface area contributed by atoms with E-state index in [4.69, 9.17) is 9.47 Å². The van der Waals surface area contributed by atoms with E-state index in [0.717, 1.165) is 67.3 Å². The van der Waals surface area contributed by atoms with Crippen LogP contribution in [0.5, 0.6) is 11.5 Å². The number of aliphatic imine (C=N–C) groups is 1. The molecule has 3 atom stereocenters. The van der Waals surface area contributed by atoms with E-state index in [2.05, 4.69) is 21.7 Å². The second-order valence-corrected chi connectivity index (χ2v) is 10.2. The number of para-hydroxylation sites is 1.